The van der Waals surface area contributed by atoms with Gasteiger partial charge in [-0.25, -0.2) is 4.79 Å². The standard InChI is InChI=1S/C17H22O4/c1-3-19-16(18)10-8-14-12-13(2)7-9-15(14)21-17-6-4-5-11-20-17/h7-10,12,17H,3-6,11H2,1-2H3. The van der Waals surface area contributed by atoms with Crippen LogP contribution in [0.2, 0.25) is 0 Å². The number of carbonyl (C=O) groups excluding carboxylic acids is 1. The topological polar surface area (TPSA) is 44.8 Å². The van der Waals surface area contributed by atoms with Crippen LogP contribution in [0.4, 0.5) is 0 Å². The zero-order chi connectivity index (χ0) is 15.1. The molecule has 0 radical (unpaired) electrons. The van der Waals surface area contributed by atoms with Crippen molar-refractivity contribution in [1.82, 2.24) is 0 Å². The van der Waals surface area contributed by atoms with Gasteiger partial charge in [-0.2, -0.15) is 0 Å². The summed E-state index contributed by atoms with van der Waals surface area (Å²) in [6, 6.07) is 5.88. The van der Waals surface area contributed by atoms with E-state index in [0.717, 1.165) is 42.7 Å². The van der Waals surface area contributed by atoms with Crippen molar-refractivity contribution in [3.8, 4) is 5.75 Å². The lowest BCUT2D eigenvalue weighted by Crippen LogP contribution is -2.25. The smallest absolute Gasteiger partial charge is 0.330 e. The van der Waals surface area contributed by atoms with Crippen molar-refractivity contribution in [3.05, 3.63) is 35.4 Å². The second-order valence-electron chi connectivity index (χ2n) is 5.04. The third kappa shape index (κ3) is 4.90. The van der Waals surface area contributed by atoms with E-state index in [9.17, 15) is 4.79 Å². The number of esters is 1. The Kier molecular flexibility index (Phi) is 5.81. The first-order valence-electron chi connectivity index (χ1n) is 7.43. The zero-order valence-corrected chi connectivity index (χ0v) is 12.6. The van der Waals surface area contributed by atoms with E-state index >= 15 is 0 Å². The van der Waals surface area contributed by atoms with Crippen molar-refractivity contribution in [2.45, 2.75) is 39.4 Å². The van der Waals surface area contributed by atoms with Gasteiger partial charge in [-0.15, -0.1) is 0 Å². The number of rotatable bonds is 5. The van der Waals surface area contributed by atoms with Crippen molar-refractivity contribution < 1.29 is 19.0 Å². The molecule has 1 aromatic rings. The highest BCUT2D eigenvalue weighted by molar-refractivity contribution is 5.87. The summed E-state index contributed by atoms with van der Waals surface area (Å²) in [6.07, 6.45) is 6.05. The highest BCUT2D eigenvalue weighted by Crippen LogP contribution is 2.25. The van der Waals surface area contributed by atoms with Crippen LogP contribution in [-0.4, -0.2) is 25.5 Å². The molecule has 1 fully saturated rings. The van der Waals surface area contributed by atoms with Crippen LogP contribution < -0.4 is 4.74 Å². The van der Waals surface area contributed by atoms with Crippen LogP contribution in [0.15, 0.2) is 24.3 Å². The molecule has 2 rings (SSSR count). The van der Waals surface area contributed by atoms with Gasteiger partial charge in [0.25, 0.3) is 0 Å². The third-order valence-electron chi connectivity index (χ3n) is 3.25. The van der Waals surface area contributed by atoms with Gasteiger partial charge in [0.1, 0.15) is 5.75 Å². The summed E-state index contributed by atoms with van der Waals surface area (Å²) in [4.78, 5) is 11.4. The highest BCUT2D eigenvalue weighted by atomic mass is 16.7. The zero-order valence-electron chi connectivity index (χ0n) is 12.6. The van der Waals surface area contributed by atoms with Gasteiger partial charge < -0.3 is 14.2 Å². The molecule has 21 heavy (non-hydrogen) atoms. The molecule has 0 N–H and O–H groups in total. The normalized spacial score (nSPS) is 18.7. The van der Waals surface area contributed by atoms with Crippen LogP contribution in [0.3, 0.4) is 0 Å². The number of benzene rings is 1. The molecule has 1 atom stereocenters. The molecule has 4 heteroatoms. The second-order valence-corrected chi connectivity index (χ2v) is 5.04. The summed E-state index contributed by atoms with van der Waals surface area (Å²) in [7, 11) is 0. The number of ether oxygens (including phenoxy) is 3. The molecule has 0 aliphatic carbocycles. The van der Waals surface area contributed by atoms with Crippen molar-refractivity contribution in [2.75, 3.05) is 13.2 Å². The Morgan fingerprint density at radius 1 is 1.43 bits per heavy atom. The average Bonchev–Trinajstić information content (AvgIpc) is 2.49. The third-order valence-corrected chi connectivity index (χ3v) is 3.25. The summed E-state index contributed by atoms with van der Waals surface area (Å²) in [5.74, 6) is 0.381. The lowest BCUT2D eigenvalue weighted by molar-refractivity contribution is -0.137. The summed E-state index contributed by atoms with van der Waals surface area (Å²) < 4.78 is 16.4. The molecule has 1 aliphatic rings. The van der Waals surface area contributed by atoms with Crippen LogP contribution >= 0.6 is 0 Å². The van der Waals surface area contributed by atoms with Gasteiger partial charge in [0.15, 0.2) is 6.29 Å². The van der Waals surface area contributed by atoms with Crippen molar-refractivity contribution in [3.63, 3.8) is 0 Å². The molecule has 1 saturated heterocycles. The molecular weight excluding hydrogens is 268 g/mol. The first-order chi connectivity index (χ1) is 10.2. The Morgan fingerprint density at radius 2 is 2.29 bits per heavy atom. The van der Waals surface area contributed by atoms with E-state index < -0.39 is 0 Å². The molecule has 114 valence electrons. The van der Waals surface area contributed by atoms with Gasteiger partial charge in [0.2, 0.25) is 0 Å². The maximum atomic E-state index is 11.4. The SMILES string of the molecule is CCOC(=O)C=Cc1cc(C)ccc1OC1CCCCO1. The number of hydrogen-bond acceptors (Lipinski definition) is 4. The van der Waals surface area contributed by atoms with Crippen molar-refractivity contribution in [2.24, 2.45) is 0 Å². The van der Waals surface area contributed by atoms with Gasteiger partial charge in [-0.3, -0.25) is 0 Å². The summed E-state index contributed by atoms with van der Waals surface area (Å²) >= 11 is 0. The van der Waals surface area contributed by atoms with Gasteiger partial charge in [0, 0.05) is 18.1 Å². The fraction of sp³-hybridized carbons (Fsp3) is 0.471. The lowest BCUT2D eigenvalue weighted by atomic mass is 10.1. The Bertz CT molecular complexity index is 502. The molecule has 0 bridgehead atoms. The first-order valence-corrected chi connectivity index (χ1v) is 7.43. The monoisotopic (exact) mass is 290 g/mol. The van der Waals surface area contributed by atoms with Crippen LogP contribution in [0.5, 0.6) is 5.75 Å². The Balaban J connectivity index is 2.10. The number of hydrogen-bond donors (Lipinski definition) is 0. The lowest BCUT2D eigenvalue weighted by Gasteiger charge is -2.24. The van der Waals surface area contributed by atoms with Crippen molar-refractivity contribution >= 4 is 12.0 Å². The first kappa shape index (κ1) is 15.6. The molecule has 1 aromatic carbocycles. The fourth-order valence-corrected chi connectivity index (χ4v) is 2.20. The molecule has 0 saturated carbocycles. The Hall–Kier alpha value is -1.81. The van der Waals surface area contributed by atoms with E-state index in [1.54, 1.807) is 13.0 Å². The van der Waals surface area contributed by atoms with Crippen LogP contribution in [0.25, 0.3) is 6.08 Å². The minimum Gasteiger partial charge on any atom is -0.464 e. The molecule has 0 spiro atoms. The molecule has 0 aromatic heterocycles. The largest absolute Gasteiger partial charge is 0.464 e. The van der Waals surface area contributed by atoms with Crippen LogP contribution in [0, 0.1) is 6.92 Å². The molecular formula is C17H22O4. The maximum Gasteiger partial charge on any atom is 0.330 e. The van der Waals surface area contributed by atoms with E-state index in [0.29, 0.717) is 6.61 Å². The molecule has 1 aliphatic heterocycles. The quantitative estimate of drug-likeness (QED) is 0.615. The molecule has 0 amide bonds. The Labute approximate surface area is 125 Å². The van der Waals surface area contributed by atoms with E-state index in [1.807, 2.05) is 25.1 Å². The molecule has 1 unspecified atom stereocenters. The van der Waals surface area contributed by atoms with E-state index in [4.69, 9.17) is 14.2 Å². The second kappa shape index (κ2) is 7.84. The average molecular weight is 290 g/mol. The van der Waals surface area contributed by atoms with E-state index in [1.165, 1.54) is 6.08 Å². The summed E-state index contributed by atoms with van der Waals surface area (Å²) in [5, 5.41) is 0. The number of aryl methyl sites for hydroxylation is 1. The predicted molar refractivity (Wildman–Crippen MR) is 81.1 cm³/mol. The van der Waals surface area contributed by atoms with Crippen molar-refractivity contribution in [1.29, 1.82) is 0 Å². The summed E-state index contributed by atoms with van der Waals surface area (Å²) in [6.45, 7) is 4.90. The van der Waals surface area contributed by atoms with Gasteiger partial charge >= 0.3 is 5.97 Å². The van der Waals surface area contributed by atoms with E-state index in [2.05, 4.69) is 0 Å². The maximum absolute atomic E-state index is 11.4. The molecule has 4 nitrogen and oxygen atoms in total. The van der Waals surface area contributed by atoms with Gasteiger partial charge in [-0.1, -0.05) is 11.6 Å². The minimum absolute atomic E-state index is 0.198. The highest BCUT2D eigenvalue weighted by Gasteiger charge is 2.16. The predicted octanol–water partition coefficient (Wildman–Crippen LogP) is 3.48. The van der Waals surface area contributed by atoms with Crippen LogP contribution in [-0.2, 0) is 14.3 Å². The summed E-state index contributed by atoms with van der Waals surface area (Å²) in [5.41, 5.74) is 1.97. The number of carbonyl (C=O) groups is 1. The fourth-order valence-electron chi connectivity index (χ4n) is 2.20. The van der Waals surface area contributed by atoms with Gasteiger partial charge in [0.05, 0.1) is 13.2 Å². The van der Waals surface area contributed by atoms with Gasteiger partial charge in [-0.05, 0) is 44.9 Å². The minimum atomic E-state index is -0.348. The van der Waals surface area contributed by atoms with Crippen LogP contribution in [0.1, 0.15) is 37.3 Å². The Morgan fingerprint density at radius 3 is 3.00 bits per heavy atom. The van der Waals surface area contributed by atoms with E-state index in [-0.39, 0.29) is 12.3 Å². The molecule has 1 heterocycles.